The van der Waals surface area contributed by atoms with E-state index < -0.39 is 29.5 Å². The average Bonchev–Trinajstić information content (AvgIpc) is 3.47. The van der Waals surface area contributed by atoms with Crippen LogP contribution in [0, 0.1) is 11.6 Å². The molecule has 2 saturated heterocycles. The third kappa shape index (κ3) is 7.68. The fourth-order valence-electron chi connectivity index (χ4n) is 6.79. The van der Waals surface area contributed by atoms with Gasteiger partial charge in [0.25, 0.3) is 5.91 Å². The van der Waals surface area contributed by atoms with Gasteiger partial charge in [0.05, 0.1) is 29.9 Å². The minimum atomic E-state index is -0.799. The van der Waals surface area contributed by atoms with Gasteiger partial charge in [-0.05, 0) is 36.8 Å². The van der Waals surface area contributed by atoms with Gasteiger partial charge in [-0.1, -0.05) is 23.7 Å². The Morgan fingerprint density at radius 3 is 2.60 bits per heavy atom. The summed E-state index contributed by atoms with van der Waals surface area (Å²) >= 11 is 5.94. The second-order valence-electron chi connectivity index (χ2n) is 13.0. The molecule has 0 radical (unpaired) electrons. The molecule has 1 unspecified atom stereocenters. The van der Waals surface area contributed by atoms with Gasteiger partial charge in [0, 0.05) is 85.6 Å². The fourth-order valence-corrected chi connectivity index (χ4v) is 6.97. The number of methoxy groups -OCH3 is 1. The second-order valence-corrected chi connectivity index (χ2v) is 13.4. The van der Waals surface area contributed by atoms with Gasteiger partial charge < -0.3 is 20.3 Å². The van der Waals surface area contributed by atoms with Gasteiger partial charge in [0.1, 0.15) is 35.6 Å². The number of piperazine rings is 1. The third-order valence-electron chi connectivity index (χ3n) is 9.62. The molecule has 3 aromatic carbocycles. The van der Waals surface area contributed by atoms with E-state index in [0.29, 0.717) is 78.7 Å². The maximum atomic E-state index is 15.7. The van der Waals surface area contributed by atoms with Gasteiger partial charge in [-0.25, -0.2) is 18.7 Å². The van der Waals surface area contributed by atoms with Crippen molar-refractivity contribution in [2.45, 2.75) is 32.0 Å². The number of piperidine rings is 1. The number of hydrogen-bond donors (Lipinski definition) is 3. The number of amides is 4. The van der Waals surface area contributed by atoms with Crippen molar-refractivity contribution in [2.24, 2.45) is 0 Å². The number of halogens is 3. The molecule has 4 aromatic rings. The highest BCUT2D eigenvalue weighted by atomic mass is 35.5. The number of nitrogens with zero attached hydrogens (tertiary/aromatic N) is 5. The van der Waals surface area contributed by atoms with E-state index in [2.05, 4.69) is 35.7 Å². The molecule has 274 valence electrons. The molecule has 0 aliphatic carbocycles. The molecule has 16 heteroatoms. The summed E-state index contributed by atoms with van der Waals surface area (Å²) in [7, 11) is 1.49. The summed E-state index contributed by atoms with van der Waals surface area (Å²) in [6.45, 7) is 3.64. The summed E-state index contributed by atoms with van der Waals surface area (Å²) in [5, 5.41) is 8.79. The Morgan fingerprint density at radius 1 is 1.06 bits per heavy atom. The first-order chi connectivity index (χ1) is 25.6. The average molecular weight is 745 g/mol. The van der Waals surface area contributed by atoms with E-state index in [1.54, 1.807) is 30.3 Å². The zero-order chi connectivity index (χ0) is 37.2. The van der Waals surface area contributed by atoms with Gasteiger partial charge in [-0.3, -0.25) is 34.3 Å². The maximum Gasteiger partial charge on any atom is 0.255 e. The monoisotopic (exact) mass is 744 g/mol. The number of aromatic nitrogens is 2. The van der Waals surface area contributed by atoms with Crippen LogP contribution in [-0.4, -0.2) is 94.2 Å². The highest BCUT2D eigenvalue weighted by molar-refractivity contribution is 6.31. The minimum Gasteiger partial charge on any atom is -0.494 e. The number of hydrogen-bond acceptors (Lipinski definition) is 10. The smallest absolute Gasteiger partial charge is 0.255 e. The highest BCUT2D eigenvalue weighted by Crippen LogP contribution is 2.34. The van der Waals surface area contributed by atoms with Crippen LogP contribution in [0.1, 0.15) is 34.3 Å². The van der Waals surface area contributed by atoms with Gasteiger partial charge in [0.15, 0.2) is 0 Å². The second kappa shape index (κ2) is 15.2. The quantitative estimate of drug-likeness (QED) is 0.158. The largest absolute Gasteiger partial charge is 0.494 e. The van der Waals surface area contributed by atoms with Crippen LogP contribution in [0.4, 0.5) is 26.0 Å². The summed E-state index contributed by atoms with van der Waals surface area (Å²) in [5.74, 6) is -1.82. The summed E-state index contributed by atoms with van der Waals surface area (Å²) in [5.41, 5.74) is 2.50. The third-order valence-corrected chi connectivity index (χ3v) is 9.91. The Kier molecular flexibility index (Phi) is 10.3. The zero-order valence-electron chi connectivity index (χ0n) is 28.6. The Hall–Kier alpha value is -5.51. The number of ether oxygens (including phenoxy) is 1. The molecule has 0 bridgehead atoms. The summed E-state index contributed by atoms with van der Waals surface area (Å²) in [6, 6.07) is 10.1. The number of carbonyl (C=O) groups excluding carboxylic acids is 4. The molecular weight excluding hydrogens is 710 g/mol. The molecule has 4 amide bonds. The molecule has 2 fully saturated rings. The van der Waals surface area contributed by atoms with E-state index in [1.165, 1.54) is 42.6 Å². The van der Waals surface area contributed by atoms with Crippen LogP contribution >= 0.6 is 11.6 Å². The Balaban J connectivity index is 0.925. The Labute approximate surface area is 307 Å². The first kappa shape index (κ1) is 35.9. The molecule has 0 saturated carbocycles. The van der Waals surface area contributed by atoms with Crippen molar-refractivity contribution in [3.63, 3.8) is 0 Å². The number of rotatable bonds is 10. The van der Waals surface area contributed by atoms with E-state index in [9.17, 15) is 23.6 Å². The number of nitrogens with one attached hydrogen (secondary N) is 3. The normalized spacial score (nSPS) is 18.1. The van der Waals surface area contributed by atoms with Crippen LogP contribution in [-0.2, 0) is 27.5 Å². The molecule has 3 N–H and O–H groups in total. The molecule has 4 heterocycles. The number of benzene rings is 3. The van der Waals surface area contributed by atoms with Crippen molar-refractivity contribution >= 4 is 63.3 Å². The van der Waals surface area contributed by atoms with Crippen molar-refractivity contribution in [3.8, 4) is 5.75 Å². The van der Waals surface area contributed by atoms with E-state index in [0.717, 1.165) is 0 Å². The SMILES string of the molecule is COc1cc2ncnc(Nc3ccc(F)c(Cl)c3)c2cc1NC(=O)/C=C/CN1CCN(Cc2ccc3c(c2F)CN(C2CCC(=O)NC2=O)C3=O)CC1. The molecule has 13 nitrogen and oxygen atoms in total. The lowest BCUT2D eigenvalue weighted by atomic mass is 10.0. The van der Waals surface area contributed by atoms with Crippen molar-refractivity contribution < 1.29 is 32.7 Å². The lowest BCUT2D eigenvalue weighted by Crippen LogP contribution is -2.52. The fraction of sp³-hybridized carbons (Fsp3) is 0.297. The Bertz CT molecular complexity index is 2160. The van der Waals surface area contributed by atoms with Crippen LogP contribution in [0.5, 0.6) is 5.75 Å². The predicted molar refractivity (Wildman–Crippen MR) is 193 cm³/mol. The van der Waals surface area contributed by atoms with Gasteiger partial charge in [-0.2, -0.15) is 0 Å². The standard InChI is InChI=1S/C37H35ClF2N8O5/c1-53-31-17-28-24(35(42-20-41-28)43-22-5-7-27(39)26(38)15-22)16-29(31)44-32(49)3-2-10-46-11-13-47(14-12-46)18-21-4-6-23-25(34(21)40)19-48(37(23)52)30-8-9-33(50)45-36(30)51/h2-7,15-17,20,30H,8-14,18-19H2,1H3,(H,44,49)(H,41,42,43)(H,45,50,51)/b3-2+. The number of fused-ring (bicyclic) bond motifs is 2. The molecule has 53 heavy (non-hydrogen) atoms. The van der Waals surface area contributed by atoms with E-state index in [-0.39, 0.29) is 47.4 Å². The van der Waals surface area contributed by atoms with Gasteiger partial charge >= 0.3 is 0 Å². The van der Waals surface area contributed by atoms with Crippen molar-refractivity contribution in [3.05, 3.63) is 94.3 Å². The molecular formula is C37H35ClF2N8O5. The minimum absolute atomic E-state index is 0.0125. The summed E-state index contributed by atoms with van der Waals surface area (Å²) < 4.78 is 34.9. The van der Waals surface area contributed by atoms with Crippen LogP contribution in [0.15, 0.2) is 60.9 Å². The molecule has 1 atom stereocenters. The van der Waals surface area contributed by atoms with Gasteiger partial charge in [0.2, 0.25) is 17.7 Å². The zero-order valence-corrected chi connectivity index (χ0v) is 29.4. The molecule has 1 aromatic heterocycles. The topological polar surface area (TPSA) is 149 Å². The van der Waals surface area contributed by atoms with Crippen LogP contribution < -0.4 is 20.7 Å². The van der Waals surface area contributed by atoms with Crippen LogP contribution in [0.25, 0.3) is 10.9 Å². The first-order valence-corrected chi connectivity index (χ1v) is 17.4. The number of imide groups is 1. The van der Waals surface area contributed by atoms with Crippen LogP contribution in [0.3, 0.4) is 0 Å². The van der Waals surface area contributed by atoms with Crippen molar-refractivity contribution in [1.82, 2.24) is 30.0 Å². The summed E-state index contributed by atoms with van der Waals surface area (Å²) in [6.07, 6.45) is 4.96. The number of anilines is 3. The predicted octanol–water partition coefficient (Wildman–Crippen LogP) is 4.39. The Morgan fingerprint density at radius 2 is 1.85 bits per heavy atom. The molecule has 3 aliphatic heterocycles. The molecule has 7 rings (SSSR count). The van der Waals surface area contributed by atoms with Crippen molar-refractivity contribution in [1.29, 1.82) is 0 Å². The summed E-state index contributed by atoms with van der Waals surface area (Å²) in [4.78, 5) is 64.2. The number of carbonyl (C=O) groups is 4. The lowest BCUT2D eigenvalue weighted by Gasteiger charge is -2.34. The highest BCUT2D eigenvalue weighted by Gasteiger charge is 2.40. The van der Waals surface area contributed by atoms with E-state index in [1.807, 2.05) is 0 Å². The maximum absolute atomic E-state index is 15.7. The van der Waals surface area contributed by atoms with Crippen molar-refractivity contribution in [2.75, 3.05) is 50.5 Å². The first-order valence-electron chi connectivity index (χ1n) is 17.0. The molecule has 0 spiro atoms. The van der Waals surface area contributed by atoms with E-state index in [4.69, 9.17) is 16.3 Å². The van der Waals surface area contributed by atoms with E-state index >= 15 is 4.39 Å². The molecule has 3 aliphatic rings. The lowest BCUT2D eigenvalue weighted by molar-refractivity contribution is -0.137. The van der Waals surface area contributed by atoms with Crippen LogP contribution in [0.2, 0.25) is 5.02 Å². The van der Waals surface area contributed by atoms with Gasteiger partial charge in [-0.15, -0.1) is 0 Å².